The molecule has 2 aromatic heterocycles. The normalized spacial score (nSPS) is 20.8. The van der Waals surface area contributed by atoms with Gasteiger partial charge in [0.15, 0.2) is 0 Å². The fourth-order valence-corrected chi connectivity index (χ4v) is 6.76. The number of nitrogens with one attached hydrogen (secondary N) is 1. The number of nitrogens with zero attached hydrogens (tertiary/aromatic N) is 2. The van der Waals surface area contributed by atoms with Crippen molar-refractivity contribution in [1.29, 1.82) is 0 Å². The van der Waals surface area contributed by atoms with Gasteiger partial charge in [-0.15, -0.1) is 17.8 Å². The van der Waals surface area contributed by atoms with Crippen LogP contribution in [0.15, 0.2) is 36.8 Å². The molecule has 3 aromatic rings. The van der Waals surface area contributed by atoms with Crippen LogP contribution in [0.5, 0.6) is 0 Å². The third-order valence-corrected chi connectivity index (χ3v) is 8.88. The smallest absolute Gasteiger partial charge is 0.333 e. The molecule has 39 heavy (non-hydrogen) atoms. The van der Waals surface area contributed by atoms with E-state index in [1.165, 1.54) is 29.4 Å². The second-order valence-electron chi connectivity index (χ2n) is 10.00. The Morgan fingerprint density at radius 2 is 2.10 bits per heavy atom. The van der Waals surface area contributed by atoms with Crippen molar-refractivity contribution in [2.75, 3.05) is 25.1 Å². The van der Waals surface area contributed by atoms with Gasteiger partial charge in [-0.2, -0.15) is 8.42 Å². The summed E-state index contributed by atoms with van der Waals surface area (Å²) < 4.78 is 33.1. The van der Waals surface area contributed by atoms with Crippen molar-refractivity contribution < 1.29 is 22.1 Å². The van der Waals surface area contributed by atoms with E-state index in [9.17, 15) is 13.2 Å². The molecule has 1 aliphatic carbocycles. The highest BCUT2D eigenvalue weighted by Gasteiger charge is 2.29. The van der Waals surface area contributed by atoms with Gasteiger partial charge in [-0.05, 0) is 79.3 Å². The SMILES string of the molecule is C#Cc1ccc2c(c1)C(c1cc(C(=O)c3cncnc3NC[C@H]3CC[C@@H](COS(N)(=O)=O)C3)sc1C)OCC2. The predicted octanol–water partition coefficient (Wildman–Crippen LogP) is 3.77. The van der Waals surface area contributed by atoms with Crippen LogP contribution in [0, 0.1) is 31.1 Å². The summed E-state index contributed by atoms with van der Waals surface area (Å²) in [4.78, 5) is 23.7. The Hall–Kier alpha value is -3.14. The quantitative estimate of drug-likeness (QED) is 0.295. The van der Waals surface area contributed by atoms with E-state index < -0.39 is 10.3 Å². The summed E-state index contributed by atoms with van der Waals surface area (Å²) in [5.74, 6) is 3.44. The molecule has 3 atom stereocenters. The summed E-state index contributed by atoms with van der Waals surface area (Å²) in [6.07, 6.45) is 11.7. The molecular formula is C28H30N4O5S2. The number of aryl methyl sites for hydroxylation is 1. The molecule has 0 saturated heterocycles. The van der Waals surface area contributed by atoms with E-state index in [1.54, 1.807) is 0 Å². The molecule has 204 valence electrons. The van der Waals surface area contributed by atoms with Gasteiger partial charge in [-0.3, -0.25) is 8.98 Å². The van der Waals surface area contributed by atoms with Crippen molar-refractivity contribution in [2.45, 2.75) is 38.7 Å². The maximum Gasteiger partial charge on any atom is 0.333 e. The largest absolute Gasteiger partial charge is 0.369 e. The van der Waals surface area contributed by atoms with Gasteiger partial charge in [0.25, 0.3) is 0 Å². The number of aromatic nitrogens is 2. The van der Waals surface area contributed by atoms with Gasteiger partial charge in [-0.1, -0.05) is 12.0 Å². The molecule has 1 saturated carbocycles. The monoisotopic (exact) mass is 566 g/mol. The number of carbonyl (C=O) groups excluding carboxylic acids is 1. The molecule has 0 bridgehead atoms. The fourth-order valence-electron chi connectivity index (χ4n) is 5.38. The van der Waals surface area contributed by atoms with Crippen LogP contribution in [-0.2, 0) is 25.6 Å². The third kappa shape index (κ3) is 6.37. The van der Waals surface area contributed by atoms with Crippen molar-refractivity contribution in [2.24, 2.45) is 17.0 Å². The van der Waals surface area contributed by atoms with Crippen LogP contribution in [-0.4, -0.2) is 43.9 Å². The fraction of sp³-hybridized carbons (Fsp3) is 0.393. The number of carbonyl (C=O) groups is 1. The lowest BCUT2D eigenvalue weighted by Crippen LogP contribution is -2.20. The second kappa shape index (κ2) is 11.5. The number of nitrogens with two attached hydrogens (primary N) is 1. The number of ether oxygens (including phenoxy) is 1. The summed E-state index contributed by atoms with van der Waals surface area (Å²) in [5, 5.41) is 8.25. The van der Waals surface area contributed by atoms with Crippen LogP contribution < -0.4 is 10.5 Å². The standard InChI is InChI=1S/C28H30N4O5S2/c1-3-18-6-7-21-8-9-36-27(23(21)11-18)22-12-25(38-17(22)2)26(33)24-14-30-16-32-28(24)31-13-19-4-5-20(10-19)15-37-39(29,34)35/h1,6-7,11-12,14,16,19-20,27H,4-5,8-10,13,15H2,2H3,(H2,29,34,35)(H,30,31,32)/t19-,20+,27?/m0/s1. The Kier molecular flexibility index (Phi) is 8.11. The van der Waals surface area contributed by atoms with E-state index in [4.69, 9.17) is 20.5 Å². The number of hydrogen-bond acceptors (Lipinski definition) is 9. The second-order valence-corrected chi connectivity index (χ2v) is 12.5. The summed E-state index contributed by atoms with van der Waals surface area (Å²) in [5.41, 5.74) is 4.42. The third-order valence-electron chi connectivity index (χ3n) is 7.35. The van der Waals surface area contributed by atoms with E-state index in [-0.39, 0.29) is 24.4 Å². The van der Waals surface area contributed by atoms with E-state index in [1.807, 2.05) is 25.1 Å². The van der Waals surface area contributed by atoms with Gasteiger partial charge < -0.3 is 10.1 Å². The Bertz CT molecular complexity index is 1530. The first-order valence-corrected chi connectivity index (χ1v) is 15.1. The van der Waals surface area contributed by atoms with Gasteiger partial charge in [-0.25, -0.2) is 15.1 Å². The van der Waals surface area contributed by atoms with Crippen molar-refractivity contribution >= 4 is 33.2 Å². The van der Waals surface area contributed by atoms with Crippen LogP contribution in [0.25, 0.3) is 0 Å². The Balaban J connectivity index is 1.30. The molecule has 3 heterocycles. The van der Waals surface area contributed by atoms with Gasteiger partial charge in [0.2, 0.25) is 5.78 Å². The number of benzene rings is 1. The molecule has 1 unspecified atom stereocenters. The van der Waals surface area contributed by atoms with E-state index >= 15 is 0 Å². The molecule has 1 fully saturated rings. The van der Waals surface area contributed by atoms with Crippen molar-refractivity contribution in [1.82, 2.24) is 9.97 Å². The molecule has 1 aliphatic heterocycles. The molecule has 11 heteroatoms. The summed E-state index contributed by atoms with van der Waals surface area (Å²) in [6, 6.07) is 7.92. The summed E-state index contributed by atoms with van der Waals surface area (Å²) in [7, 11) is -3.94. The number of rotatable bonds is 9. The maximum absolute atomic E-state index is 13.6. The first kappa shape index (κ1) is 27.4. The highest BCUT2D eigenvalue weighted by Crippen LogP contribution is 2.39. The highest BCUT2D eigenvalue weighted by atomic mass is 32.2. The first-order valence-electron chi connectivity index (χ1n) is 12.8. The number of thiophene rings is 1. The lowest BCUT2D eigenvalue weighted by atomic mass is 9.91. The average molecular weight is 567 g/mol. The van der Waals surface area contributed by atoms with Crippen LogP contribution in [0.4, 0.5) is 5.82 Å². The number of anilines is 1. The molecule has 0 spiro atoms. The first-order chi connectivity index (χ1) is 18.7. The minimum Gasteiger partial charge on any atom is -0.369 e. The lowest BCUT2D eigenvalue weighted by molar-refractivity contribution is 0.0697. The minimum absolute atomic E-state index is 0.0892. The average Bonchev–Trinajstić information content (AvgIpc) is 3.55. The zero-order valence-electron chi connectivity index (χ0n) is 21.6. The summed E-state index contributed by atoms with van der Waals surface area (Å²) >= 11 is 1.43. The highest BCUT2D eigenvalue weighted by molar-refractivity contribution is 7.84. The molecule has 9 nitrogen and oxygen atoms in total. The van der Waals surface area contributed by atoms with E-state index in [0.717, 1.165) is 47.3 Å². The molecule has 2 aliphatic rings. The summed E-state index contributed by atoms with van der Waals surface area (Å²) in [6.45, 7) is 3.28. The molecule has 5 rings (SSSR count). The van der Waals surface area contributed by atoms with Gasteiger partial charge in [0, 0.05) is 23.2 Å². The van der Waals surface area contributed by atoms with Crippen LogP contribution in [0.1, 0.15) is 67.7 Å². The lowest BCUT2D eigenvalue weighted by Gasteiger charge is -2.26. The molecule has 1 aromatic carbocycles. The Morgan fingerprint density at radius 1 is 1.28 bits per heavy atom. The van der Waals surface area contributed by atoms with Gasteiger partial charge in [0.05, 0.1) is 23.7 Å². The number of terminal acetylenes is 1. The van der Waals surface area contributed by atoms with E-state index in [0.29, 0.717) is 35.3 Å². The molecular weight excluding hydrogens is 536 g/mol. The van der Waals surface area contributed by atoms with E-state index in [2.05, 4.69) is 27.3 Å². The number of fused-ring (bicyclic) bond motifs is 1. The van der Waals surface area contributed by atoms with Crippen molar-refractivity contribution in [3.05, 3.63) is 74.4 Å². The molecule has 3 N–H and O–H groups in total. The number of hydrogen-bond donors (Lipinski definition) is 2. The zero-order valence-corrected chi connectivity index (χ0v) is 23.2. The minimum atomic E-state index is -3.94. The molecule has 0 radical (unpaired) electrons. The van der Waals surface area contributed by atoms with Gasteiger partial charge >= 0.3 is 10.3 Å². The van der Waals surface area contributed by atoms with Crippen LogP contribution in [0.2, 0.25) is 0 Å². The topological polar surface area (TPSA) is 133 Å². The maximum atomic E-state index is 13.6. The van der Waals surface area contributed by atoms with Crippen molar-refractivity contribution in [3.8, 4) is 12.3 Å². The molecule has 0 amide bonds. The van der Waals surface area contributed by atoms with Crippen LogP contribution in [0.3, 0.4) is 0 Å². The Morgan fingerprint density at radius 3 is 2.90 bits per heavy atom. The van der Waals surface area contributed by atoms with Gasteiger partial charge in [0.1, 0.15) is 18.2 Å². The number of ketones is 1. The zero-order chi connectivity index (χ0) is 27.6. The predicted molar refractivity (Wildman–Crippen MR) is 149 cm³/mol. The Labute approximate surface area is 232 Å². The van der Waals surface area contributed by atoms with Crippen LogP contribution >= 0.6 is 11.3 Å². The van der Waals surface area contributed by atoms with Crippen molar-refractivity contribution in [3.63, 3.8) is 0 Å².